The summed E-state index contributed by atoms with van der Waals surface area (Å²) in [5.74, 6) is 0. The van der Waals surface area contributed by atoms with Crippen LogP contribution in [-0.4, -0.2) is 0 Å². The zero-order valence-electron chi connectivity index (χ0n) is 29.3. The second-order valence-electron chi connectivity index (χ2n) is 14.6. The van der Waals surface area contributed by atoms with Gasteiger partial charge in [-0.1, -0.05) is 159 Å². The van der Waals surface area contributed by atoms with Crippen molar-refractivity contribution in [3.05, 3.63) is 199 Å². The van der Waals surface area contributed by atoms with Gasteiger partial charge in [-0.25, -0.2) is 0 Å². The van der Waals surface area contributed by atoms with Crippen LogP contribution in [0.3, 0.4) is 0 Å². The first-order valence-electron chi connectivity index (χ1n) is 18.2. The Hall–Kier alpha value is -6.44. The van der Waals surface area contributed by atoms with E-state index in [1.54, 1.807) is 0 Å². The Morgan fingerprint density at radius 3 is 1.71 bits per heavy atom. The summed E-state index contributed by atoms with van der Waals surface area (Å²) in [6, 6.07) is 69.3. The summed E-state index contributed by atoms with van der Waals surface area (Å²) >= 11 is 0. The molecule has 1 heteroatoms. The molecular weight excluding hydrogens is 627 g/mol. The molecule has 0 saturated carbocycles. The average molecular weight is 664 g/mol. The van der Waals surface area contributed by atoms with Gasteiger partial charge in [-0.3, -0.25) is 0 Å². The van der Waals surface area contributed by atoms with E-state index in [0.29, 0.717) is 0 Å². The molecule has 0 aromatic heterocycles. The Morgan fingerprint density at radius 2 is 0.942 bits per heavy atom. The summed E-state index contributed by atoms with van der Waals surface area (Å²) < 4.78 is 0. The molecule has 0 bridgehead atoms. The molecule has 246 valence electrons. The highest BCUT2D eigenvalue weighted by Gasteiger charge is 2.36. The maximum Gasteiger partial charge on any atom is 0.0546 e. The largest absolute Gasteiger partial charge is 0.310 e. The maximum absolute atomic E-state index is 2.48. The standard InChI is InChI=1S/C51H37N/c1-51(2)47-29-28-41(33-46(47)45-31-38-17-6-7-18-39(38)32-48(45)51)52(40-26-23-35(24-27-40)34-13-4-3-5-14-34)49-30-25-37-16-9-11-21-43(37)50(49)44-22-12-19-36-15-8-10-20-42(36)44/h3-33H,1-2H3. The molecule has 52 heavy (non-hydrogen) atoms. The number of rotatable bonds is 5. The molecule has 9 aromatic rings. The Labute approximate surface area is 305 Å². The van der Waals surface area contributed by atoms with Crippen molar-refractivity contribution >= 4 is 49.4 Å². The van der Waals surface area contributed by atoms with E-state index in [-0.39, 0.29) is 5.41 Å². The minimum Gasteiger partial charge on any atom is -0.310 e. The summed E-state index contributed by atoms with van der Waals surface area (Å²) in [6.07, 6.45) is 0. The molecule has 9 aromatic carbocycles. The van der Waals surface area contributed by atoms with Crippen LogP contribution in [-0.2, 0) is 5.41 Å². The topological polar surface area (TPSA) is 3.24 Å². The zero-order chi connectivity index (χ0) is 34.8. The van der Waals surface area contributed by atoms with Gasteiger partial charge in [0.2, 0.25) is 0 Å². The Kier molecular flexibility index (Phi) is 6.91. The van der Waals surface area contributed by atoms with E-state index in [2.05, 4.69) is 207 Å². The lowest BCUT2D eigenvalue weighted by Gasteiger charge is -2.30. The summed E-state index contributed by atoms with van der Waals surface area (Å²) in [5, 5.41) is 7.51. The van der Waals surface area contributed by atoms with Crippen LogP contribution < -0.4 is 4.90 Å². The second-order valence-corrected chi connectivity index (χ2v) is 14.6. The molecule has 1 aliphatic carbocycles. The molecule has 0 amide bonds. The van der Waals surface area contributed by atoms with Gasteiger partial charge in [0.1, 0.15) is 0 Å². The first-order valence-corrected chi connectivity index (χ1v) is 18.2. The van der Waals surface area contributed by atoms with Gasteiger partial charge >= 0.3 is 0 Å². The average Bonchev–Trinajstić information content (AvgIpc) is 3.42. The van der Waals surface area contributed by atoms with E-state index in [9.17, 15) is 0 Å². The van der Waals surface area contributed by atoms with E-state index in [1.165, 1.54) is 76.8 Å². The highest BCUT2D eigenvalue weighted by molar-refractivity contribution is 6.11. The number of fused-ring (bicyclic) bond motifs is 6. The van der Waals surface area contributed by atoms with Crippen molar-refractivity contribution in [1.82, 2.24) is 0 Å². The number of benzene rings is 9. The van der Waals surface area contributed by atoms with E-state index in [0.717, 1.165) is 17.1 Å². The van der Waals surface area contributed by atoms with Crippen molar-refractivity contribution in [3.8, 4) is 33.4 Å². The monoisotopic (exact) mass is 663 g/mol. The van der Waals surface area contributed by atoms with Gasteiger partial charge in [0, 0.05) is 22.4 Å². The summed E-state index contributed by atoms with van der Waals surface area (Å²) in [7, 11) is 0. The van der Waals surface area contributed by atoms with Gasteiger partial charge in [-0.2, -0.15) is 0 Å². The molecule has 1 aliphatic rings. The molecule has 0 atom stereocenters. The molecule has 10 rings (SSSR count). The first kappa shape index (κ1) is 30.4. The highest BCUT2D eigenvalue weighted by Crippen LogP contribution is 2.53. The lowest BCUT2D eigenvalue weighted by molar-refractivity contribution is 0.661. The SMILES string of the molecule is CC1(C)c2ccc(N(c3ccc(-c4ccccc4)cc3)c3ccc4ccccc4c3-c3cccc4ccccc34)cc2-c2cc3ccccc3cc21. The molecular formula is C51H37N. The highest BCUT2D eigenvalue weighted by atomic mass is 15.1. The van der Waals surface area contributed by atoms with Crippen molar-refractivity contribution in [3.63, 3.8) is 0 Å². The van der Waals surface area contributed by atoms with Crippen LogP contribution in [0, 0.1) is 0 Å². The smallest absolute Gasteiger partial charge is 0.0546 e. The molecule has 0 saturated heterocycles. The number of hydrogen-bond acceptors (Lipinski definition) is 1. The van der Waals surface area contributed by atoms with E-state index in [4.69, 9.17) is 0 Å². The minimum absolute atomic E-state index is 0.105. The van der Waals surface area contributed by atoms with Crippen LogP contribution in [0.15, 0.2) is 188 Å². The van der Waals surface area contributed by atoms with Gasteiger partial charge in [-0.15, -0.1) is 0 Å². The van der Waals surface area contributed by atoms with Crippen LogP contribution in [0.4, 0.5) is 17.1 Å². The van der Waals surface area contributed by atoms with Crippen LogP contribution in [0.2, 0.25) is 0 Å². The molecule has 0 N–H and O–H groups in total. The Bertz CT molecular complexity index is 2800. The number of nitrogens with zero attached hydrogens (tertiary/aromatic N) is 1. The van der Waals surface area contributed by atoms with Crippen LogP contribution in [0.25, 0.3) is 65.7 Å². The maximum atomic E-state index is 2.48. The Morgan fingerprint density at radius 1 is 0.365 bits per heavy atom. The predicted molar refractivity (Wildman–Crippen MR) is 222 cm³/mol. The summed E-state index contributed by atoms with van der Waals surface area (Å²) in [4.78, 5) is 2.48. The second kappa shape index (κ2) is 11.8. The zero-order valence-corrected chi connectivity index (χ0v) is 29.3. The van der Waals surface area contributed by atoms with Gasteiger partial charge in [0.05, 0.1) is 5.69 Å². The van der Waals surface area contributed by atoms with Crippen molar-refractivity contribution in [1.29, 1.82) is 0 Å². The van der Waals surface area contributed by atoms with Gasteiger partial charge in [0.25, 0.3) is 0 Å². The molecule has 0 heterocycles. The first-order chi connectivity index (χ1) is 25.5. The summed E-state index contributed by atoms with van der Waals surface area (Å²) in [5.41, 5.74) is 13.6. The molecule has 0 spiro atoms. The van der Waals surface area contributed by atoms with Crippen molar-refractivity contribution in [2.24, 2.45) is 0 Å². The van der Waals surface area contributed by atoms with Gasteiger partial charge in [0.15, 0.2) is 0 Å². The van der Waals surface area contributed by atoms with Crippen LogP contribution >= 0.6 is 0 Å². The fourth-order valence-electron chi connectivity index (χ4n) is 8.60. The van der Waals surface area contributed by atoms with Crippen molar-refractivity contribution < 1.29 is 0 Å². The van der Waals surface area contributed by atoms with Crippen molar-refractivity contribution in [2.45, 2.75) is 19.3 Å². The third-order valence-corrected chi connectivity index (χ3v) is 11.2. The fraction of sp³-hybridized carbons (Fsp3) is 0.0588. The lowest BCUT2D eigenvalue weighted by Crippen LogP contribution is -2.15. The minimum atomic E-state index is -0.105. The molecule has 0 aliphatic heterocycles. The normalized spacial score (nSPS) is 13.0. The van der Waals surface area contributed by atoms with Crippen LogP contribution in [0.5, 0.6) is 0 Å². The molecule has 0 unspecified atom stereocenters. The Balaban J connectivity index is 1.25. The van der Waals surface area contributed by atoms with Crippen LogP contribution in [0.1, 0.15) is 25.0 Å². The lowest BCUT2D eigenvalue weighted by atomic mass is 9.82. The number of anilines is 3. The number of hydrogen-bond donors (Lipinski definition) is 0. The predicted octanol–water partition coefficient (Wildman–Crippen LogP) is 14.3. The third-order valence-electron chi connectivity index (χ3n) is 11.2. The fourth-order valence-corrected chi connectivity index (χ4v) is 8.60. The summed E-state index contributed by atoms with van der Waals surface area (Å²) in [6.45, 7) is 4.74. The van der Waals surface area contributed by atoms with E-state index < -0.39 is 0 Å². The van der Waals surface area contributed by atoms with E-state index in [1.807, 2.05) is 0 Å². The van der Waals surface area contributed by atoms with Crippen molar-refractivity contribution in [2.75, 3.05) is 4.90 Å². The molecule has 0 fully saturated rings. The van der Waals surface area contributed by atoms with Gasteiger partial charge < -0.3 is 4.90 Å². The third kappa shape index (κ3) is 4.77. The molecule has 1 nitrogen and oxygen atoms in total. The van der Waals surface area contributed by atoms with E-state index >= 15 is 0 Å². The van der Waals surface area contributed by atoms with Gasteiger partial charge in [-0.05, 0) is 114 Å². The molecule has 0 radical (unpaired) electrons. The quantitative estimate of drug-likeness (QED) is 0.177.